The molecule has 0 radical (unpaired) electrons. The Kier molecular flexibility index (Phi) is 9.05. The molecule has 3 heteroatoms. The van der Waals surface area contributed by atoms with E-state index in [1.165, 1.54) is 22.6 Å². The zero-order valence-corrected chi connectivity index (χ0v) is 14.8. The number of hydrogen-bond donors (Lipinski definition) is 1. The summed E-state index contributed by atoms with van der Waals surface area (Å²) in [7, 11) is 0. The van der Waals surface area contributed by atoms with Crippen molar-refractivity contribution in [2.75, 3.05) is 25.4 Å². The second-order valence-electron chi connectivity index (χ2n) is 6.02. The summed E-state index contributed by atoms with van der Waals surface area (Å²) in [6.07, 6.45) is 1.73. The highest BCUT2D eigenvalue weighted by molar-refractivity contribution is 7.99. The Balaban J connectivity index is 2.39. The van der Waals surface area contributed by atoms with Crippen molar-refractivity contribution < 1.29 is 5.11 Å². The first-order valence-electron chi connectivity index (χ1n) is 8.17. The van der Waals surface area contributed by atoms with Crippen molar-refractivity contribution in [2.45, 2.75) is 51.5 Å². The van der Waals surface area contributed by atoms with E-state index in [1.807, 2.05) is 11.8 Å². The molecule has 1 aromatic rings. The summed E-state index contributed by atoms with van der Waals surface area (Å²) in [4.78, 5) is 3.60. The first-order valence-corrected chi connectivity index (χ1v) is 9.15. The molecular weight excluding hydrogens is 278 g/mol. The summed E-state index contributed by atoms with van der Waals surface area (Å²) in [6, 6.07) is 8.68. The monoisotopic (exact) mass is 309 g/mol. The third kappa shape index (κ3) is 7.89. The molecule has 0 aliphatic heterocycles. The lowest BCUT2D eigenvalue weighted by Crippen LogP contribution is -2.33. The van der Waals surface area contributed by atoms with Gasteiger partial charge in [-0.3, -0.25) is 0 Å². The van der Waals surface area contributed by atoms with Gasteiger partial charge in [0, 0.05) is 11.4 Å². The zero-order valence-electron chi connectivity index (χ0n) is 14.0. The maximum atomic E-state index is 10.2. The number of aliphatic hydroxyl groups is 1. The Bertz CT molecular complexity index is 373. The minimum Gasteiger partial charge on any atom is -0.391 e. The van der Waals surface area contributed by atoms with Gasteiger partial charge in [0.2, 0.25) is 0 Å². The van der Waals surface area contributed by atoms with Crippen molar-refractivity contribution in [3.05, 3.63) is 29.8 Å². The molecule has 1 atom stereocenters. The summed E-state index contributed by atoms with van der Waals surface area (Å²) in [5.41, 5.74) is 1.22. The summed E-state index contributed by atoms with van der Waals surface area (Å²) in [5, 5.41) is 10.2. The van der Waals surface area contributed by atoms with Gasteiger partial charge in [0.25, 0.3) is 0 Å². The van der Waals surface area contributed by atoms with Crippen LogP contribution in [0.5, 0.6) is 0 Å². The average molecular weight is 310 g/mol. The van der Waals surface area contributed by atoms with E-state index >= 15 is 0 Å². The Labute approximate surface area is 134 Å². The lowest BCUT2D eigenvalue weighted by Gasteiger charge is -2.21. The number of rotatable bonds is 10. The van der Waals surface area contributed by atoms with Gasteiger partial charge in [-0.25, -0.2) is 0 Å². The van der Waals surface area contributed by atoms with E-state index in [1.54, 1.807) is 0 Å². The summed E-state index contributed by atoms with van der Waals surface area (Å²) >= 11 is 1.92. The van der Waals surface area contributed by atoms with Crippen LogP contribution in [0.15, 0.2) is 29.2 Å². The lowest BCUT2D eigenvalue weighted by molar-refractivity contribution is 0.118. The molecule has 0 saturated carbocycles. The van der Waals surface area contributed by atoms with Crippen LogP contribution >= 0.6 is 11.8 Å². The molecule has 2 nitrogen and oxygen atoms in total. The highest BCUT2D eigenvalue weighted by atomic mass is 32.2. The van der Waals surface area contributed by atoms with E-state index in [-0.39, 0.29) is 6.10 Å². The van der Waals surface area contributed by atoms with E-state index < -0.39 is 0 Å². The molecule has 0 spiro atoms. The number of nitrogens with zero attached hydrogens (tertiary/aromatic N) is 1. The molecule has 1 rings (SSSR count). The van der Waals surface area contributed by atoms with Gasteiger partial charge in [-0.15, -0.1) is 11.8 Å². The third-order valence-corrected chi connectivity index (χ3v) is 4.77. The van der Waals surface area contributed by atoms with Crippen LogP contribution in [0.2, 0.25) is 0 Å². The first kappa shape index (κ1) is 18.5. The number of aliphatic hydroxyl groups excluding tert-OH is 1. The van der Waals surface area contributed by atoms with Crippen molar-refractivity contribution in [3.63, 3.8) is 0 Å². The SMILES string of the molecule is CCN(CC)CC(O)Cc1ccc(SCCC(C)C)cc1. The van der Waals surface area contributed by atoms with Crippen molar-refractivity contribution in [1.82, 2.24) is 4.90 Å². The zero-order chi connectivity index (χ0) is 15.7. The first-order chi connectivity index (χ1) is 10.0. The fourth-order valence-electron chi connectivity index (χ4n) is 2.25. The molecule has 21 heavy (non-hydrogen) atoms. The highest BCUT2D eigenvalue weighted by Gasteiger charge is 2.09. The quantitative estimate of drug-likeness (QED) is 0.659. The second-order valence-corrected chi connectivity index (χ2v) is 7.19. The number of hydrogen-bond acceptors (Lipinski definition) is 3. The fourth-order valence-corrected chi connectivity index (χ4v) is 3.40. The third-order valence-electron chi connectivity index (χ3n) is 3.72. The van der Waals surface area contributed by atoms with Gasteiger partial charge < -0.3 is 10.0 Å². The predicted molar refractivity (Wildman–Crippen MR) is 94.1 cm³/mol. The molecule has 1 unspecified atom stereocenters. The van der Waals surface area contributed by atoms with Gasteiger partial charge in [-0.1, -0.05) is 39.8 Å². The number of thioether (sulfide) groups is 1. The minimum atomic E-state index is -0.274. The van der Waals surface area contributed by atoms with Gasteiger partial charge in [0.15, 0.2) is 0 Å². The molecule has 0 saturated heterocycles. The van der Waals surface area contributed by atoms with Crippen LogP contribution in [0.25, 0.3) is 0 Å². The fraction of sp³-hybridized carbons (Fsp3) is 0.667. The van der Waals surface area contributed by atoms with Crippen molar-refractivity contribution >= 4 is 11.8 Å². The molecule has 0 amide bonds. The predicted octanol–water partition coefficient (Wildman–Crippen LogP) is 4.07. The molecule has 0 fully saturated rings. The molecule has 0 aromatic heterocycles. The van der Waals surface area contributed by atoms with Gasteiger partial charge in [0.1, 0.15) is 0 Å². The normalized spacial score (nSPS) is 13.1. The maximum Gasteiger partial charge on any atom is 0.0707 e. The van der Waals surface area contributed by atoms with Crippen molar-refractivity contribution in [3.8, 4) is 0 Å². The van der Waals surface area contributed by atoms with Crippen molar-refractivity contribution in [1.29, 1.82) is 0 Å². The van der Waals surface area contributed by atoms with E-state index in [2.05, 4.69) is 56.9 Å². The molecule has 0 bridgehead atoms. The average Bonchev–Trinajstić information content (AvgIpc) is 2.46. The smallest absolute Gasteiger partial charge is 0.0707 e. The van der Waals surface area contributed by atoms with Crippen LogP contribution in [-0.2, 0) is 6.42 Å². The topological polar surface area (TPSA) is 23.5 Å². The summed E-state index contributed by atoms with van der Waals surface area (Å²) in [5.74, 6) is 1.95. The Morgan fingerprint density at radius 1 is 1.10 bits per heavy atom. The molecular formula is C18H31NOS. The Morgan fingerprint density at radius 2 is 1.71 bits per heavy atom. The van der Waals surface area contributed by atoms with Crippen molar-refractivity contribution in [2.24, 2.45) is 5.92 Å². The van der Waals surface area contributed by atoms with E-state index in [9.17, 15) is 5.11 Å². The molecule has 1 aromatic carbocycles. The molecule has 1 N–H and O–H groups in total. The Morgan fingerprint density at radius 3 is 2.24 bits per heavy atom. The number of likely N-dealkylation sites (N-methyl/N-ethyl adjacent to an activating group) is 1. The van der Waals surface area contributed by atoms with Gasteiger partial charge in [0.05, 0.1) is 6.10 Å². The Hall–Kier alpha value is -0.510. The largest absolute Gasteiger partial charge is 0.391 e. The summed E-state index contributed by atoms with van der Waals surface area (Å²) < 4.78 is 0. The van der Waals surface area contributed by atoms with Gasteiger partial charge in [-0.2, -0.15) is 0 Å². The van der Waals surface area contributed by atoms with E-state index in [0.29, 0.717) is 0 Å². The lowest BCUT2D eigenvalue weighted by atomic mass is 10.1. The van der Waals surface area contributed by atoms with Crippen LogP contribution in [0, 0.1) is 5.92 Å². The minimum absolute atomic E-state index is 0.274. The van der Waals surface area contributed by atoms with E-state index in [0.717, 1.165) is 32.0 Å². The molecule has 0 aliphatic rings. The van der Waals surface area contributed by atoms with Crippen LogP contribution in [0.3, 0.4) is 0 Å². The second kappa shape index (κ2) is 10.3. The molecule has 120 valence electrons. The van der Waals surface area contributed by atoms with Gasteiger partial charge in [-0.05, 0) is 55.3 Å². The molecule has 0 heterocycles. The summed E-state index contributed by atoms with van der Waals surface area (Å²) in [6.45, 7) is 11.6. The van der Waals surface area contributed by atoms with Crippen LogP contribution in [0.4, 0.5) is 0 Å². The van der Waals surface area contributed by atoms with Crippen LogP contribution < -0.4 is 0 Å². The number of benzene rings is 1. The molecule has 0 aliphatic carbocycles. The standard InChI is InChI=1S/C18H31NOS/c1-5-19(6-2)14-17(20)13-16-7-9-18(10-8-16)21-12-11-15(3)4/h7-10,15,17,20H,5-6,11-14H2,1-4H3. The van der Waals surface area contributed by atoms with E-state index in [4.69, 9.17) is 0 Å². The van der Waals surface area contributed by atoms with Gasteiger partial charge >= 0.3 is 0 Å². The maximum absolute atomic E-state index is 10.2. The van der Waals surface area contributed by atoms with Crippen LogP contribution in [-0.4, -0.2) is 41.5 Å². The highest BCUT2D eigenvalue weighted by Crippen LogP contribution is 2.21. The van der Waals surface area contributed by atoms with Crippen LogP contribution in [0.1, 0.15) is 39.7 Å².